The number of nitrogens with zero attached hydrogens (tertiary/aromatic N) is 5. The molecule has 5 aromatic rings. The molecule has 0 spiro atoms. The number of H-pyrrole nitrogens is 1. The molecular formula is C34H32N6O2. The minimum atomic E-state index is -0.216. The Balaban J connectivity index is 1.30. The van der Waals surface area contributed by atoms with E-state index in [-0.39, 0.29) is 11.8 Å². The van der Waals surface area contributed by atoms with Gasteiger partial charge in [-0.1, -0.05) is 54.6 Å². The topological polar surface area (TPSA) is 85.4 Å². The molecule has 1 N–H and O–H groups in total. The fraction of sp³-hybridized carbons (Fsp3) is 0.176. The number of fused-ring (bicyclic) bond motifs is 1. The van der Waals surface area contributed by atoms with Gasteiger partial charge < -0.3 is 19.7 Å². The van der Waals surface area contributed by atoms with Gasteiger partial charge in [-0.2, -0.15) is 0 Å². The minimum Gasteiger partial charge on any atom is -0.364 e. The van der Waals surface area contributed by atoms with Crippen LogP contribution in [-0.2, 0) is 19.6 Å². The van der Waals surface area contributed by atoms with E-state index in [1.807, 2.05) is 53.6 Å². The van der Waals surface area contributed by atoms with Crippen molar-refractivity contribution in [3.63, 3.8) is 0 Å². The lowest BCUT2D eigenvalue weighted by molar-refractivity contribution is 0.0725. The molecule has 0 aliphatic carbocycles. The third-order valence-electron chi connectivity index (χ3n) is 7.58. The van der Waals surface area contributed by atoms with Crippen LogP contribution in [0.3, 0.4) is 0 Å². The Bertz CT molecular complexity index is 1670. The number of aromatic amines is 1. The van der Waals surface area contributed by atoms with Gasteiger partial charge in [-0.15, -0.1) is 0 Å². The highest BCUT2D eigenvalue weighted by molar-refractivity contribution is 6.07. The molecular weight excluding hydrogens is 524 g/mol. The first-order valence-corrected chi connectivity index (χ1v) is 14.0. The second-order valence-electron chi connectivity index (χ2n) is 10.4. The molecule has 8 nitrogen and oxygen atoms in total. The molecule has 0 unspecified atom stereocenters. The van der Waals surface area contributed by atoms with E-state index in [0.29, 0.717) is 43.9 Å². The summed E-state index contributed by atoms with van der Waals surface area (Å²) in [5.41, 5.74) is 6.84. The number of imidazole rings is 1. The summed E-state index contributed by atoms with van der Waals surface area (Å²) >= 11 is 0. The van der Waals surface area contributed by atoms with Crippen molar-refractivity contribution in [3.8, 4) is 11.1 Å². The second kappa shape index (κ2) is 12.1. The van der Waals surface area contributed by atoms with E-state index in [4.69, 9.17) is 0 Å². The van der Waals surface area contributed by atoms with Crippen LogP contribution in [0.5, 0.6) is 0 Å². The average molecular weight is 557 g/mol. The zero-order chi connectivity index (χ0) is 28.9. The summed E-state index contributed by atoms with van der Waals surface area (Å²) in [5, 5.41) is 0. The monoisotopic (exact) mass is 556 g/mol. The third kappa shape index (κ3) is 5.78. The quantitative estimate of drug-likeness (QED) is 0.290. The lowest BCUT2D eigenvalue weighted by Crippen LogP contribution is -2.37. The molecule has 210 valence electrons. The van der Waals surface area contributed by atoms with E-state index in [1.165, 1.54) is 0 Å². The van der Waals surface area contributed by atoms with Crippen molar-refractivity contribution in [3.05, 3.63) is 138 Å². The first kappa shape index (κ1) is 27.0. The van der Waals surface area contributed by atoms with Gasteiger partial charge in [0.25, 0.3) is 11.8 Å². The number of aromatic nitrogens is 3. The summed E-state index contributed by atoms with van der Waals surface area (Å²) in [6.07, 6.45) is 5.29. The third-order valence-corrected chi connectivity index (χ3v) is 7.58. The average Bonchev–Trinajstić information content (AvgIpc) is 3.49. The van der Waals surface area contributed by atoms with E-state index < -0.39 is 0 Å². The van der Waals surface area contributed by atoms with E-state index >= 15 is 0 Å². The molecule has 0 saturated carbocycles. The summed E-state index contributed by atoms with van der Waals surface area (Å²) in [5.74, 6) is -0.380. The van der Waals surface area contributed by atoms with Crippen molar-refractivity contribution in [2.75, 3.05) is 25.0 Å². The molecule has 1 aliphatic heterocycles. The Kier molecular flexibility index (Phi) is 7.76. The fourth-order valence-electron chi connectivity index (χ4n) is 5.43. The zero-order valence-electron chi connectivity index (χ0n) is 23.5. The predicted molar refractivity (Wildman–Crippen MR) is 163 cm³/mol. The number of anilines is 1. The van der Waals surface area contributed by atoms with E-state index in [0.717, 1.165) is 33.8 Å². The number of carbonyl (C=O) groups is 2. The van der Waals surface area contributed by atoms with Gasteiger partial charge in [0, 0.05) is 44.8 Å². The summed E-state index contributed by atoms with van der Waals surface area (Å²) in [6.45, 7) is 2.54. The van der Waals surface area contributed by atoms with Crippen LogP contribution in [0.15, 0.2) is 110 Å². The number of pyridine rings is 1. The van der Waals surface area contributed by atoms with Crippen molar-refractivity contribution in [2.45, 2.75) is 19.6 Å². The molecule has 0 saturated heterocycles. The molecule has 3 aromatic carbocycles. The van der Waals surface area contributed by atoms with Gasteiger partial charge in [0.05, 0.1) is 41.9 Å². The van der Waals surface area contributed by atoms with Crippen LogP contribution in [0, 0.1) is 0 Å². The van der Waals surface area contributed by atoms with Crippen molar-refractivity contribution < 1.29 is 9.59 Å². The van der Waals surface area contributed by atoms with Gasteiger partial charge in [0.2, 0.25) is 0 Å². The van der Waals surface area contributed by atoms with Crippen LogP contribution in [0.2, 0.25) is 0 Å². The Morgan fingerprint density at radius 1 is 0.833 bits per heavy atom. The summed E-state index contributed by atoms with van der Waals surface area (Å²) in [7, 11) is 1.73. The lowest BCUT2D eigenvalue weighted by Gasteiger charge is -2.25. The number of rotatable bonds is 7. The maximum atomic E-state index is 14.2. The maximum absolute atomic E-state index is 14.2. The summed E-state index contributed by atoms with van der Waals surface area (Å²) in [6, 6.07) is 29.4. The van der Waals surface area contributed by atoms with Crippen molar-refractivity contribution in [1.29, 1.82) is 0 Å². The molecule has 0 atom stereocenters. The van der Waals surface area contributed by atoms with Crippen molar-refractivity contribution in [1.82, 2.24) is 24.8 Å². The normalized spacial score (nSPS) is 12.9. The number of carbonyl (C=O) groups excluding carboxylic acids is 2. The summed E-state index contributed by atoms with van der Waals surface area (Å²) in [4.78, 5) is 45.2. The smallest absolute Gasteiger partial charge is 0.255 e. The van der Waals surface area contributed by atoms with Crippen LogP contribution in [0.25, 0.3) is 11.1 Å². The number of hydrogen-bond donors (Lipinski definition) is 1. The van der Waals surface area contributed by atoms with Crippen LogP contribution >= 0.6 is 0 Å². The van der Waals surface area contributed by atoms with Crippen molar-refractivity contribution in [2.24, 2.45) is 0 Å². The predicted octanol–water partition coefficient (Wildman–Crippen LogP) is 5.41. The highest BCUT2D eigenvalue weighted by atomic mass is 16.2. The van der Waals surface area contributed by atoms with Gasteiger partial charge in [-0.3, -0.25) is 14.6 Å². The molecule has 42 heavy (non-hydrogen) atoms. The Labute approximate surface area is 245 Å². The van der Waals surface area contributed by atoms with Gasteiger partial charge in [0.15, 0.2) is 0 Å². The molecule has 6 rings (SSSR count). The fourth-order valence-corrected chi connectivity index (χ4v) is 5.43. The second-order valence-corrected chi connectivity index (χ2v) is 10.4. The largest absolute Gasteiger partial charge is 0.364 e. The SMILES string of the molecule is CN(Cc1ccccn1)C(=O)c1ccccc1C(=O)N1CCN(Cc2c[nH]cn2)c2ccc(-c3ccccc3)cc2C1. The van der Waals surface area contributed by atoms with Crippen LogP contribution in [0.1, 0.15) is 37.7 Å². The number of nitrogens with one attached hydrogen (secondary N) is 1. The molecule has 0 bridgehead atoms. The Morgan fingerprint density at radius 2 is 1.62 bits per heavy atom. The first-order chi connectivity index (χ1) is 20.6. The molecule has 0 fully saturated rings. The maximum Gasteiger partial charge on any atom is 0.255 e. The van der Waals surface area contributed by atoms with Crippen LogP contribution in [-0.4, -0.2) is 56.7 Å². The van der Waals surface area contributed by atoms with E-state index in [2.05, 4.69) is 50.2 Å². The summed E-state index contributed by atoms with van der Waals surface area (Å²) < 4.78 is 0. The Hall–Kier alpha value is -5.24. The minimum absolute atomic E-state index is 0.164. The first-order valence-electron chi connectivity index (χ1n) is 14.0. The van der Waals surface area contributed by atoms with Gasteiger partial charge >= 0.3 is 0 Å². The number of hydrogen-bond acceptors (Lipinski definition) is 5. The Morgan fingerprint density at radius 3 is 2.38 bits per heavy atom. The standard InChI is InChI=1S/C34H32N6O2/c1-38(22-28-11-7-8-16-36-28)33(41)30-12-5-6-13-31(30)34(42)40-18-17-39(23-29-20-35-24-37-29)32-15-14-26(19-27(32)21-40)25-9-3-2-4-10-25/h2-16,19-20,24H,17-18,21-23H2,1H3,(H,35,37). The molecule has 3 heterocycles. The van der Waals surface area contributed by atoms with Gasteiger partial charge in [-0.05, 0) is 53.1 Å². The number of benzene rings is 3. The lowest BCUT2D eigenvalue weighted by atomic mass is 10.0. The van der Waals surface area contributed by atoms with Crippen LogP contribution in [0.4, 0.5) is 5.69 Å². The molecule has 0 radical (unpaired) electrons. The molecule has 2 aromatic heterocycles. The van der Waals surface area contributed by atoms with Crippen molar-refractivity contribution >= 4 is 17.5 Å². The molecule has 2 amide bonds. The van der Waals surface area contributed by atoms with E-state index in [9.17, 15) is 9.59 Å². The van der Waals surface area contributed by atoms with Gasteiger partial charge in [-0.25, -0.2) is 4.98 Å². The van der Waals surface area contributed by atoms with Gasteiger partial charge in [0.1, 0.15) is 0 Å². The van der Waals surface area contributed by atoms with E-state index in [1.54, 1.807) is 42.7 Å². The highest BCUT2D eigenvalue weighted by Crippen LogP contribution is 2.32. The molecule has 1 aliphatic rings. The zero-order valence-corrected chi connectivity index (χ0v) is 23.5. The number of amides is 2. The molecule has 8 heteroatoms. The van der Waals surface area contributed by atoms with Crippen LogP contribution < -0.4 is 4.90 Å². The highest BCUT2D eigenvalue weighted by Gasteiger charge is 2.28.